The number of ether oxygens (including phenoxy) is 1. The average Bonchev–Trinajstić information content (AvgIpc) is 2.96. The zero-order valence-corrected chi connectivity index (χ0v) is 13.4. The Kier molecular flexibility index (Phi) is 4.39. The number of aliphatic carboxylic acids is 1. The molecule has 124 valence electrons. The van der Waals surface area contributed by atoms with E-state index in [2.05, 4.69) is 0 Å². The van der Waals surface area contributed by atoms with Crippen molar-refractivity contribution in [2.24, 2.45) is 11.3 Å². The van der Waals surface area contributed by atoms with Crippen molar-refractivity contribution in [2.75, 3.05) is 26.8 Å². The zero-order valence-electron chi connectivity index (χ0n) is 13.4. The molecular weight excluding hydrogens is 294 g/mol. The molecular formula is C18H23NO4. The van der Waals surface area contributed by atoms with Gasteiger partial charge >= 0.3 is 5.97 Å². The largest absolute Gasteiger partial charge is 0.481 e. The first-order valence-electron chi connectivity index (χ1n) is 8.13. The Bertz CT molecular complexity index is 582. The van der Waals surface area contributed by atoms with Crippen LogP contribution in [0.25, 0.3) is 0 Å². The summed E-state index contributed by atoms with van der Waals surface area (Å²) in [7, 11) is 1.62. The lowest BCUT2D eigenvalue weighted by Gasteiger charge is -2.42. The number of likely N-dealkylation sites (tertiary alicyclic amines) is 1. The molecule has 1 aliphatic carbocycles. The van der Waals surface area contributed by atoms with Gasteiger partial charge in [0.1, 0.15) is 0 Å². The average molecular weight is 317 g/mol. The number of amides is 1. The molecule has 23 heavy (non-hydrogen) atoms. The van der Waals surface area contributed by atoms with E-state index in [1.807, 2.05) is 30.3 Å². The topological polar surface area (TPSA) is 66.8 Å². The first kappa shape index (κ1) is 16.0. The van der Waals surface area contributed by atoms with Crippen LogP contribution in [0.4, 0.5) is 0 Å². The Morgan fingerprint density at radius 1 is 1.26 bits per heavy atom. The Morgan fingerprint density at radius 2 is 1.96 bits per heavy atom. The molecule has 2 fully saturated rings. The summed E-state index contributed by atoms with van der Waals surface area (Å²) in [6, 6.07) is 9.64. The SMILES string of the molecule is COCC1(C(=O)N2C[C@@H](C(=O)O)[C@H](c3ccccc3)C2)CCC1. The van der Waals surface area contributed by atoms with Crippen molar-refractivity contribution in [3.63, 3.8) is 0 Å². The van der Waals surface area contributed by atoms with Crippen molar-refractivity contribution in [3.05, 3.63) is 35.9 Å². The first-order valence-corrected chi connectivity index (χ1v) is 8.13. The van der Waals surface area contributed by atoms with Crippen molar-refractivity contribution in [1.82, 2.24) is 4.90 Å². The fourth-order valence-electron chi connectivity index (χ4n) is 3.89. The molecule has 1 N–H and O–H groups in total. The normalized spacial score (nSPS) is 25.9. The van der Waals surface area contributed by atoms with E-state index in [4.69, 9.17) is 4.74 Å². The maximum atomic E-state index is 12.9. The van der Waals surface area contributed by atoms with Crippen LogP contribution >= 0.6 is 0 Å². The minimum Gasteiger partial charge on any atom is -0.481 e. The highest BCUT2D eigenvalue weighted by Crippen LogP contribution is 2.45. The van der Waals surface area contributed by atoms with E-state index in [-0.39, 0.29) is 11.8 Å². The smallest absolute Gasteiger partial charge is 0.308 e. The van der Waals surface area contributed by atoms with Crippen LogP contribution in [0.5, 0.6) is 0 Å². The van der Waals surface area contributed by atoms with Crippen molar-refractivity contribution < 1.29 is 19.4 Å². The Hall–Kier alpha value is -1.88. The van der Waals surface area contributed by atoms with Crippen LogP contribution in [0.15, 0.2) is 30.3 Å². The number of hydrogen-bond donors (Lipinski definition) is 1. The molecule has 2 aliphatic rings. The molecule has 1 aromatic rings. The number of hydrogen-bond acceptors (Lipinski definition) is 3. The lowest BCUT2D eigenvalue weighted by Crippen LogP contribution is -2.50. The Labute approximate surface area is 136 Å². The summed E-state index contributed by atoms with van der Waals surface area (Å²) in [5.74, 6) is -1.45. The van der Waals surface area contributed by atoms with Gasteiger partial charge in [-0.15, -0.1) is 0 Å². The maximum Gasteiger partial charge on any atom is 0.308 e. The van der Waals surface area contributed by atoms with E-state index < -0.39 is 17.3 Å². The quantitative estimate of drug-likeness (QED) is 0.903. The second-order valence-electron chi connectivity index (χ2n) is 6.74. The van der Waals surface area contributed by atoms with Crippen LogP contribution in [0.1, 0.15) is 30.7 Å². The molecule has 3 rings (SSSR count). The molecule has 1 saturated heterocycles. The van der Waals surface area contributed by atoms with Gasteiger partial charge in [0.2, 0.25) is 5.91 Å². The van der Waals surface area contributed by atoms with Gasteiger partial charge in [0.05, 0.1) is 17.9 Å². The molecule has 1 aromatic carbocycles. The highest BCUT2D eigenvalue weighted by molar-refractivity contribution is 5.85. The lowest BCUT2D eigenvalue weighted by molar-refractivity contribution is -0.151. The third-order valence-corrected chi connectivity index (χ3v) is 5.34. The van der Waals surface area contributed by atoms with Gasteiger partial charge in [-0.05, 0) is 18.4 Å². The van der Waals surface area contributed by atoms with Gasteiger partial charge in [-0.25, -0.2) is 0 Å². The third-order valence-electron chi connectivity index (χ3n) is 5.34. The second-order valence-corrected chi connectivity index (χ2v) is 6.74. The van der Waals surface area contributed by atoms with E-state index >= 15 is 0 Å². The molecule has 1 amide bonds. The van der Waals surface area contributed by atoms with Crippen LogP contribution in [0.2, 0.25) is 0 Å². The molecule has 0 aromatic heterocycles. The summed E-state index contributed by atoms with van der Waals surface area (Å²) >= 11 is 0. The molecule has 5 nitrogen and oxygen atoms in total. The lowest BCUT2D eigenvalue weighted by atomic mass is 9.68. The molecule has 0 radical (unpaired) electrons. The van der Waals surface area contributed by atoms with Crippen LogP contribution in [0.3, 0.4) is 0 Å². The van der Waals surface area contributed by atoms with Gasteiger partial charge in [0.25, 0.3) is 0 Å². The molecule has 1 saturated carbocycles. The number of benzene rings is 1. The van der Waals surface area contributed by atoms with E-state index in [0.717, 1.165) is 24.8 Å². The second kappa shape index (κ2) is 6.32. The van der Waals surface area contributed by atoms with Crippen molar-refractivity contribution in [3.8, 4) is 0 Å². The molecule has 5 heteroatoms. The molecule has 1 aliphatic heterocycles. The first-order chi connectivity index (χ1) is 11.1. The van der Waals surface area contributed by atoms with Gasteiger partial charge in [-0.3, -0.25) is 9.59 Å². The monoisotopic (exact) mass is 317 g/mol. The predicted octanol–water partition coefficient (Wildman–Crippen LogP) is 2.13. The highest BCUT2D eigenvalue weighted by Gasteiger charge is 2.50. The zero-order chi connectivity index (χ0) is 16.4. The fraction of sp³-hybridized carbons (Fsp3) is 0.556. The number of rotatable bonds is 5. The third kappa shape index (κ3) is 2.85. The molecule has 2 atom stereocenters. The summed E-state index contributed by atoms with van der Waals surface area (Å²) in [4.78, 5) is 26.3. The van der Waals surface area contributed by atoms with Gasteiger partial charge in [0.15, 0.2) is 0 Å². The van der Waals surface area contributed by atoms with Crippen molar-refractivity contribution in [1.29, 1.82) is 0 Å². The Morgan fingerprint density at radius 3 is 2.48 bits per heavy atom. The maximum absolute atomic E-state index is 12.9. The standard InChI is InChI=1S/C18H23NO4/c1-23-12-18(8-5-9-18)17(22)19-10-14(15(11-19)16(20)21)13-6-3-2-4-7-13/h2-4,6-7,14-15H,5,8-12H2,1H3,(H,20,21)/t14-,15+/m0/s1. The minimum absolute atomic E-state index is 0.0651. The molecule has 0 unspecified atom stereocenters. The van der Waals surface area contributed by atoms with Crippen LogP contribution in [-0.4, -0.2) is 48.7 Å². The van der Waals surface area contributed by atoms with E-state index in [1.54, 1.807) is 12.0 Å². The van der Waals surface area contributed by atoms with Gasteiger partial charge in [-0.2, -0.15) is 0 Å². The van der Waals surface area contributed by atoms with E-state index in [0.29, 0.717) is 19.7 Å². The highest BCUT2D eigenvalue weighted by atomic mass is 16.5. The summed E-state index contributed by atoms with van der Waals surface area (Å²) in [5, 5.41) is 9.56. The summed E-state index contributed by atoms with van der Waals surface area (Å²) < 4.78 is 5.25. The number of nitrogens with zero attached hydrogens (tertiary/aromatic N) is 1. The predicted molar refractivity (Wildman–Crippen MR) is 85.0 cm³/mol. The fourth-order valence-corrected chi connectivity index (χ4v) is 3.89. The number of methoxy groups -OCH3 is 1. The molecule has 0 bridgehead atoms. The van der Waals surface area contributed by atoms with Crippen molar-refractivity contribution in [2.45, 2.75) is 25.2 Å². The van der Waals surface area contributed by atoms with Crippen LogP contribution in [0, 0.1) is 11.3 Å². The van der Waals surface area contributed by atoms with Crippen LogP contribution < -0.4 is 0 Å². The van der Waals surface area contributed by atoms with E-state index in [9.17, 15) is 14.7 Å². The number of carboxylic acid groups (broad SMARTS) is 1. The minimum atomic E-state index is -0.830. The number of carbonyl (C=O) groups is 2. The summed E-state index contributed by atoms with van der Waals surface area (Å²) in [5.41, 5.74) is 0.563. The Balaban J connectivity index is 1.80. The molecule has 1 heterocycles. The number of carbonyl (C=O) groups excluding carboxylic acids is 1. The van der Waals surface area contributed by atoms with Crippen LogP contribution in [-0.2, 0) is 14.3 Å². The molecule has 0 spiro atoms. The number of carboxylic acids is 1. The van der Waals surface area contributed by atoms with Crippen molar-refractivity contribution >= 4 is 11.9 Å². The summed E-state index contributed by atoms with van der Waals surface area (Å²) in [6.07, 6.45) is 2.71. The van der Waals surface area contributed by atoms with Gasteiger partial charge < -0.3 is 14.7 Å². The van der Waals surface area contributed by atoms with Gasteiger partial charge in [-0.1, -0.05) is 36.8 Å². The van der Waals surface area contributed by atoms with Gasteiger partial charge in [0, 0.05) is 26.1 Å². The summed E-state index contributed by atoms with van der Waals surface area (Å²) in [6.45, 7) is 1.19. The van der Waals surface area contributed by atoms with E-state index in [1.165, 1.54) is 0 Å².